The highest BCUT2D eigenvalue weighted by Gasteiger charge is 2.23. The molecule has 0 aliphatic carbocycles. The molecule has 134 valence electrons. The van der Waals surface area contributed by atoms with E-state index in [1.807, 2.05) is 20.9 Å². The van der Waals surface area contributed by atoms with Crippen molar-refractivity contribution in [3.05, 3.63) is 47.0 Å². The van der Waals surface area contributed by atoms with Crippen LogP contribution in [0.2, 0.25) is 0 Å². The second-order valence-electron chi connectivity index (χ2n) is 5.71. The Morgan fingerprint density at radius 3 is 2.40 bits per heavy atom. The first-order chi connectivity index (χ1) is 11.8. The van der Waals surface area contributed by atoms with E-state index in [-0.39, 0.29) is 25.5 Å². The molecule has 2 rings (SSSR count). The first-order valence-corrected chi connectivity index (χ1v) is 8.04. The molecule has 0 radical (unpaired) electrons. The van der Waals surface area contributed by atoms with E-state index < -0.39 is 11.8 Å². The van der Waals surface area contributed by atoms with Crippen LogP contribution in [0.3, 0.4) is 0 Å². The maximum Gasteiger partial charge on any atom is 0.326 e. The van der Waals surface area contributed by atoms with Gasteiger partial charge in [-0.3, -0.25) is 14.3 Å². The smallest absolute Gasteiger partial charge is 0.326 e. The number of carbonyl (C=O) groups is 2. The Hall–Kier alpha value is -2.70. The van der Waals surface area contributed by atoms with Crippen LogP contribution in [0, 0.1) is 19.7 Å². The third-order valence-electron chi connectivity index (χ3n) is 4.02. The number of anilines is 1. The third-order valence-corrected chi connectivity index (χ3v) is 4.02. The number of halogens is 1. The van der Waals surface area contributed by atoms with Crippen molar-refractivity contribution in [2.45, 2.75) is 27.2 Å². The molecule has 0 saturated carbocycles. The Kier molecular flexibility index (Phi) is 5.90. The molecule has 0 atom stereocenters. The monoisotopic (exact) mass is 347 g/mol. The molecule has 1 amide bonds. The zero-order valence-electron chi connectivity index (χ0n) is 14.9. The summed E-state index contributed by atoms with van der Waals surface area (Å²) in [5.41, 5.74) is 2.92. The van der Waals surface area contributed by atoms with Gasteiger partial charge in [-0.25, -0.2) is 4.39 Å². The highest BCUT2D eigenvalue weighted by Crippen LogP contribution is 2.19. The van der Waals surface area contributed by atoms with E-state index in [0.717, 1.165) is 17.0 Å². The van der Waals surface area contributed by atoms with Gasteiger partial charge in [-0.15, -0.1) is 0 Å². The molecule has 0 saturated heterocycles. The summed E-state index contributed by atoms with van der Waals surface area (Å²) in [5.74, 6) is -1.20. The second-order valence-corrected chi connectivity index (χ2v) is 5.71. The van der Waals surface area contributed by atoms with Crippen LogP contribution in [0.15, 0.2) is 24.3 Å². The third kappa shape index (κ3) is 4.43. The van der Waals surface area contributed by atoms with E-state index in [4.69, 9.17) is 4.74 Å². The number of benzene rings is 1. The summed E-state index contributed by atoms with van der Waals surface area (Å²) in [7, 11) is 1.81. The van der Waals surface area contributed by atoms with Crippen molar-refractivity contribution in [3.8, 4) is 0 Å². The molecule has 6 nitrogen and oxygen atoms in total. The number of nitrogens with zero attached hydrogens (tertiary/aromatic N) is 3. The highest BCUT2D eigenvalue weighted by molar-refractivity contribution is 5.98. The van der Waals surface area contributed by atoms with Crippen LogP contribution < -0.4 is 4.90 Å². The summed E-state index contributed by atoms with van der Waals surface area (Å²) in [6, 6.07) is 5.44. The van der Waals surface area contributed by atoms with E-state index in [1.54, 1.807) is 11.6 Å². The first-order valence-electron chi connectivity index (χ1n) is 8.04. The Balaban J connectivity index is 2.28. The van der Waals surface area contributed by atoms with Crippen molar-refractivity contribution in [3.63, 3.8) is 0 Å². The van der Waals surface area contributed by atoms with Crippen LogP contribution in [0.4, 0.5) is 10.1 Å². The molecule has 0 bridgehead atoms. The van der Waals surface area contributed by atoms with Crippen LogP contribution in [0.5, 0.6) is 0 Å². The standard InChI is InChI=1S/C18H22FN3O3/c1-5-25-18(24)11-22(15-8-6-14(19)7-9-15)17(23)10-16-12(2)20-21(4)13(16)3/h6-9H,5,10-11H2,1-4H3. The molecule has 25 heavy (non-hydrogen) atoms. The fraction of sp³-hybridized carbons (Fsp3) is 0.389. The summed E-state index contributed by atoms with van der Waals surface area (Å²) in [4.78, 5) is 26.0. The number of amides is 1. The highest BCUT2D eigenvalue weighted by atomic mass is 19.1. The van der Waals surface area contributed by atoms with E-state index in [0.29, 0.717) is 5.69 Å². The topological polar surface area (TPSA) is 64.4 Å². The fourth-order valence-electron chi connectivity index (χ4n) is 2.60. The van der Waals surface area contributed by atoms with E-state index in [9.17, 15) is 14.0 Å². The molecule has 7 heteroatoms. The first kappa shape index (κ1) is 18.6. The van der Waals surface area contributed by atoms with Crippen molar-refractivity contribution >= 4 is 17.6 Å². The van der Waals surface area contributed by atoms with Gasteiger partial charge in [-0.2, -0.15) is 5.10 Å². The lowest BCUT2D eigenvalue weighted by Gasteiger charge is -2.22. The van der Waals surface area contributed by atoms with Crippen LogP contribution in [-0.2, 0) is 27.8 Å². The average Bonchev–Trinajstić information content (AvgIpc) is 2.80. The number of rotatable bonds is 6. The van der Waals surface area contributed by atoms with Gasteiger partial charge < -0.3 is 9.64 Å². The largest absolute Gasteiger partial charge is 0.465 e. The predicted octanol–water partition coefficient (Wildman–Crippen LogP) is 2.31. The van der Waals surface area contributed by atoms with Crippen LogP contribution in [-0.4, -0.2) is 34.8 Å². The molecular weight excluding hydrogens is 325 g/mol. The molecule has 1 aromatic carbocycles. The molecule has 0 aliphatic rings. The summed E-state index contributed by atoms with van der Waals surface area (Å²) in [5, 5.41) is 4.30. The van der Waals surface area contributed by atoms with Gasteiger partial charge in [0.05, 0.1) is 18.7 Å². The van der Waals surface area contributed by atoms with Gasteiger partial charge in [0, 0.05) is 24.0 Å². The molecule has 0 N–H and O–H groups in total. The lowest BCUT2D eigenvalue weighted by Crippen LogP contribution is -2.37. The zero-order chi connectivity index (χ0) is 18.6. The number of ether oxygens (including phenoxy) is 1. The molecule has 1 heterocycles. The molecular formula is C18H22FN3O3. The van der Waals surface area contributed by atoms with Crippen molar-refractivity contribution < 1.29 is 18.7 Å². The van der Waals surface area contributed by atoms with Crippen molar-refractivity contribution in [2.24, 2.45) is 7.05 Å². The van der Waals surface area contributed by atoms with Gasteiger partial charge >= 0.3 is 5.97 Å². The van der Waals surface area contributed by atoms with Gasteiger partial charge in [0.25, 0.3) is 0 Å². The van der Waals surface area contributed by atoms with E-state index in [2.05, 4.69) is 5.10 Å². The van der Waals surface area contributed by atoms with Gasteiger partial charge in [0.1, 0.15) is 12.4 Å². The van der Waals surface area contributed by atoms with E-state index >= 15 is 0 Å². The number of aromatic nitrogens is 2. The molecule has 0 aliphatic heterocycles. The number of hydrogen-bond donors (Lipinski definition) is 0. The van der Waals surface area contributed by atoms with Crippen molar-refractivity contribution in [2.75, 3.05) is 18.1 Å². The Morgan fingerprint density at radius 2 is 1.88 bits per heavy atom. The maximum absolute atomic E-state index is 13.2. The number of aryl methyl sites for hydroxylation is 2. The number of carbonyl (C=O) groups excluding carboxylic acids is 2. The lowest BCUT2D eigenvalue weighted by atomic mass is 10.1. The molecule has 2 aromatic rings. The van der Waals surface area contributed by atoms with Crippen LogP contribution >= 0.6 is 0 Å². The normalized spacial score (nSPS) is 10.6. The second kappa shape index (κ2) is 7.92. The predicted molar refractivity (Wildman–Crippen MR) is 91.8 cm³/mol. The minimum Gasteiger partial charge on any atom is -0.465 e. The molecule has 0 fully saturated rings. The minimum atomic E-state index is -0.514. The summed E-state index contributed by atoms with van der Waals surface area (Å²) in [6.45, 7) is 5.42. The van der Waals surface area contributed by atoms with Gasteiger partial charge in [0.15, 0.2) is 0 Å². The SMILES string of the molecule is CCOC(=O)CN(C(=O)Cc1c(C)nn(C)c1C)c1ccc(F)cc1. The molecule has 0 unspecified atom stereocenters. The Labute approximate surface area is 146 Å². The lowest BCUT2D eigenvalue weighted by molar-refractivity contribution is -0.142. The van der Waals surface area contributed by atoms with Crippen molar-refractivity contribution in [1.82, 2.24) is 9.78 Å². The fourth-order valence-corrected chi connectivity index (χ4v) is 2.60. The summed E-state index contributed by atoms with van der Waals surface area (Å²) < 4.78 is 19.8. The minimum absolute atomic E-state index is 0.0995. The molecule has 0 spiro atoms. The number of esters is 1. The maximum atomic E-state index is 13.2. The summed E-state index contributed by atoms with van der Waals surface area (Å²) >= 11 is 0. The van der Waals surface area contributed by atoms with E-state index in [1.165, 1.54) is 29.2 Å². The van der Waals surface area contributed by atoms with Crippen LogP contribution in [0.1, 0.15) is 23.9 Å². The van der Waals surface area contributed by atoms with Crippen LogP contribution in [0.25, 0.3) is 0 Å². The quantitative estimate of drug-likeness (QED) is 0.752. The average molecular weight is 347 g/mol. The van der Waals surface area contributed by atoms with Crippen molar-refractivity contribution in [1.29, 1.82) is 0 Å². The zero-order valence-corrected chi connectivity index (χ0v) is 14.9. The van der Waals surface area contributed by atoms with Gasteiger partial charge in [0.2, 0.25) is 5.91 Å². The Bertz CT molecular complexity index is 769. The van der Waals surface area contributed by atoms with Gasteiger partial charge in [-0.05, 0) is 45.0 Å². The number of hydrogen-bond acceptors (Lipinski definition) is 4. The van der Waals surface area contributed by atoms with Gasteiger partial charge in [-0.1, -0.05) is 0 Å². The Morgan fingerprint density at radius 1 is 1.24 bits per heavy atom. The summed E-state index contributed by atoms with van der Waals surface area (Å²) in [6.07, 6.45) is 0.0995. The molecule has 1 aromatic heterocycles.